The van der Waals surface area contributed by atoms with Gasteiger partial charge in [0.05, 0.1) is 4.90 Å². The topological polar surface area (TPSA) is 46.2 Å². The van der Waals surface area contributed by atoms with Crippen molar-refractivity contribution in [3.05, 3.63) is 95.0 Å². The fraction of sp³-hybridized carbons (Fsp3) is 0.182. The number of benzene rings is 3. The lowest BCUT2D eigenvalue weighted by Crippen LogP contribution is -2.54. The Morgan fingerprint density at radius 1 is 0.857 bits per heavy atom. The van der Waals surface area contributed by atoms with Gasteiger partial charge in [-0.25, -0.2) is 13.1 Å². The van der Waals surface area contributed by atoms with Crippen LogP contribution in [0.15, 0.2) is 83.8 Å². The number of hydrogen-bond acceptors (Lipinski definition) is 2. The first-order valence-electron chi connectivity index (χ1n) is 9.10. The molecule has 28 heavy (non-hydrogen) atoms. The summed E-state index contributed by atoms with van der Waals surface area (Å²) in [4.78, 5) is 0.273. The molecule has 1 atom stereocenters. The largest absolute Gasteiger partial charge is 0.240 e. The monoisotopic (exact) mass is 429 g/mol. The maximum Gasteiger partial charge on any atom is 0.240 e. The van der Waals surface area contributed by atoms with E-state index in [0.717, 1.165) is 11.1 Å². The molecule has 3 aromatic carbocycles. The molecule has 0 aromatic heterocycles. The van der Waals surface area contributed by atoms with Crippen molar-refractivity contribution in [2.45, 2.75) is 30.6 Å². The molecular formula is C22H24ClNO2SSi. The zero-order valence-corrected chi connectivity index (χ0v) is 18.8. The zero-order valence-electron chi connectivity index (χ0n) is 16.2. The number of aryl methyl sites for hydroxylation is 1. The van der Waals surface area contributed by atoms with Crippen LogP contribution < -0.4 is 9.91 Å². The maximum absolute atomic E-state index is 13.2. The summed E-state index contributed by atoms with van der Waals surface area (Å²) in [6.07, 6.45) is 0. The minimum absolute atomic E-state index is 0.273. The molecule has 6 heteroatoms. The molecule has 0 unspecified atom stereocenters. The van der Waals surface area contributed by atoms with Gasteiger partial charge in [0.25, 0.3) is 0 Å². The summed E-state index contributed by atoms with van der Waals surface area (Å²) in [6.45, 7) is 6.30. The normalized spacial score (nSPS) is 13.3. The Kier molecular flexibility index (Phi) is 6.10. The number of rotatable bonds is 6. The van der Waals surface area contributed by atoms with E-state index in [2.05, 4.69) is 29.9 Å². The fourth-order valence-corrected chi connectivity index (χ4v) is 8.52. The van der Waals surface area contributed by atoms with E-state index >= 15 is 0 Å². The predicted molar refractivity (Wildman–Crippen MR) is 119 cm³/mol. The fourth-order valence-electron chi connectivity index (χ4n) is 3.26. The van der Waals surface area contributed by atoms with E-state index in [0.29, 0.717) is 5.02 Å². The standard InChI is InChI=1S/C22H24ClNO2SSi/c1-17-9-15-20(16-10-17)27(25,26)24-22(18-11-13-19(23)14-12-18)28(2,3)21-7-5-4-6-8-21/h4-16,22,24H,1-3H3/t22-/m1/s1. The van der Waals surface area contributed by atoms with E-state index < -0.39 is 18.1 Å². The molecule has 3 rings (SSSR count). The van der Waals surface area contributed by atoms with Gasteiger partial charge in [0.15, 0.2) is 0 Å². The number of halogens is 1. The molecule has 3 aromatic rings. The van der Waals surface area contributed by atoms with E-state index in [-0.39, 0.29) is 10.6 Å². The SMILES string of the molecule is Cc1ccc(S(=O)(=O)N[C@@H](c2ccc(Cl)cc2)[Si](C)(C)c2ccccc2)cc1. The molecule has 0 saturated carbocycles. The van der Waals surface area contributed by atoms with Crippen LogP contribution in [0, 0.1) is 6.92 Å². The second-order valence-electron chi connectivity index (χ2n) is 7.51. The molecule has 0 saturated heterocycles. The number of sulfonamides is 1. The van der Waals surface area contributed by atoms with Crippen molar-refractivity contribution in [1.29, 1.82) is 0 Å². The Morgan fingerprint density at radius 3 is 2.00 bits per heavy atom. The lowest BCUT2D eigenvalue weighted by atomic mass is 10.2. The van der Waals surface area contributed by atoms with Crippen LogP contribution in [0.4, 0.5) is 0 Å². The van der Waals surface area contributed by atoms with Crippen LogP contribution in [0.25, 0.3) is 0 Å². The molecule has 0 bridgehead atoms. The van der Waals surface area contributed by atoms with Gasteiger partial charge in [-0.2, -0.15) is 0 Å². The van der Waals surface area contributed by atoms with Gasteiger partial charge in [0.1, 0.15) is 8.07 Å². The van der Waals surface area contributed by atoms with Gasteiger partial charge in [-0.1, -0.05) is 90.0 Å². The van der Waals surface area contributed by atoms with E-state index in [1.807, 2.05) is 49.4 Å². The van der Waals surface area contributed by atoms with Crippen LogP contribution in [0.1, 0.15) is 16.8 Å². The van der Waals surface area contributed by atoms with Crippen molar-refractivity contribution < 1.29 is 8.42 Å². The van der Waals surface area contributed by atoms with Crippen molar-refractivity contribution in [3.8, 4) is 0 Å². The van der Waals surface area contributed by atoms with Gasteiger partial charge < -0.3 is 0 Å². The molecule has 1 N–H and O–H groups in total. The van der Waals surface area contributed by atoms with E-state index in [9.17, 15) is 8.42 Å². The zero-order chi connectivity index (χ0) is 20.4. The lowest BCUT2D eigenvalue weighted by molar-refractivity contribution is 0.577. The molecule has 0 radical (unpaired) electrons. The summed E-state index contributed by atoms with van der Waals surface area (Å²) in [5.41, 5.74) is 1.60. The molecule has 0 fully saturated rings. The van der Waals surface area contributed by atoms with Crippen LogP contribution >= 0.6 is 11.6 Å². The van der Waals surface area contributed by atoms with Gasteiger partial charge in [0, 0.05) is 10.7 Å². The van der Waals surface area contributed by atoms with Crippen molar-refractivity contribution in [3.63, 3.8) is 0 Å². The summed E-state index contributed by atoms with van der Waals surface area (Å²) >= 11 is 6.06. The molecule has 0 aliphatic heterocycles. The highest BCUT2D eigenvalue weighted by Crippen LogP contribution is 2.28. The number of hydrogen-bond donors (Lipinski definition) is 1. The van der Waals surface area contributed by atoms with Crippen LogP contribution in [0.2, 0.25) is 18.1 Å². The Hall–Kier alpha value is -1.92. The van der Waals surface area contributed by atoms with E-state index in [1.165, 1.54) is 5.19 Å². The van der Waals surface area contributed by atoms with E-state index in [4.69, 9.17) is 11.6 Å². The first-order valence-corrected chi connectivity index (χ1v) is 14.0. The highest BCUT2D eigenvalue weighted by molar-refractivity contribution is 7.89. The summed E-state index contributed by atoms with van der Waals surface area (Å²) in [5.74, 6) is 0. The molecule has 0 aliphatic carbocycles. The van der Waals surface area contributed by atoms with E-state index in [1.54, 1.807) is 24.3 Å². The van der Waals surface area contributed by atoms with Crippen LogP contribution in [0.5, 0.6) is 0 Å². The summed E-state index contributed by atoms with van der Waals surface area (Å²) < 4.78 is 29.3. The smallest absolute Gasteiger partial charge is 0.207 e. The highest BCUT2D eigenvalue weighted by Gasteiger charge is 2.37. The van der Waals surface area contributed by atoms with Crippen molar-refractivity contribution in [1.82, 2.24) is 4.72 Å². The molecule has 146 valence electrons. The summed E-state index contributed by atoms with van der Waals surface area (Å²) in [6, 6.07) is 24.5. The quantitative estimate of drug-likeness (QED) is 0.571. The summed E-state index contributed by atoms with van der Waals surface area (Å²) in [5, 5.41) is 1.81. The first kappa shape index (κ1) is 20.8. The second kappa shape index (κ2) is 8.21. The van der Waals surface area contributed by atoms with Crippen molar-refractivity contribution >= 4 is 34.9 Å². The predicted octanol–water partition coefficient (Wildman–Crippen LogP) is 4.82. The Bertz CT molecular complexity index is 1030. The molecule has 0 aliphatic rings. The third-order valence-electron chi connectivity index (χ3n) is 5.05. The van der Waals surface area contributed by atoms with Crippen LogP contribution in [-0.4, -0.2) is 16.5 Å². The minimum Gasteiger partial charge on any atom is -0.207 e. The maximum atomic E-state index is 13.2. The molecule has 3 nitrogen and oxygen atoms in total. The highest BCUT2D eigenvalue weighted by atomic mass is 35.5. The average molecular weight is 430 g/mol. The van der Waals surface area contributed by atoms with Crippen LogP contribution in [-0.2, 0) is 10.0 Å². The van der Waals surface area contributed by atoms with Gasteiger partial charge in [-0.3, -0.25) is 0 Å². The van der Waals surface area contributed by atoms with Gasteiger partial charge in [-0.15, -0.1) is 0 Å². The Labute approximate surface area is 173 Å². The van der Waals surface area contributed by atoms with Crippen molar-refractivity contribution in [2.24, 2.45) is 0 Å². The Balaban J connectivity index is 2.06. The Morgan fingerprint density at radius 2 is 1.43 bits per heavy atom. The summed E-state index contributed by atoms with van der Waals surface area (Å²) in [7, 11) is -5.93. The molecular weight excluding hydrogens is 406 g/mol. The lowest BCUT2D eigenvalue weighted by Gasteiger charge is -2.34. The first-order chi connectivity index (χ1) is 13.2. The van der Waals surface area contributed by atoms with Crippen LogP contribution in [0.3, 0.4) is 0 Å². The minimum atomic E-state index is -3.67. The second-order valence-corrected chi connectivity index (χ2v) is 14.3. The van der Waals surface area contributed by atoms with Gasteiger partial charge >= 0.3 is 0 Å². The third kappa shape index (κ3) is 4.55. The van der Waals surface area contributed by atoms with Gasteiger partial charge in [-0.05, 0) is 36.8 Å². The molecule has 0 amide bonds. The number of nitrogens with one attached hydrogen (secondary N) is 1. The molecule has 0 spiro atoms. The molecule has 0 heterocycles. The van der Waals surface area contributed by atoms with Crippen molar-refractivity contribution in [2.75, 3.05) is 0 Å². The third-order valence-corrected chi connectivity index (χ3v) is 10.7. The van der Waals surface area contributed by atoms with Gasteiger partial charge in [0.2, 0.25) is 10.0 Å². The average Bonchev–Trinajstić information content (AvgIpc) is 2.68.